The highest BCUT2D eigenvalue weighted by Crippen LogP contribution is 2.25. The van der Waals surface area contributed by atoms with Crippen LogP contribution in [0.2, 0.25) is 0 Å². The normalized spacial score (nSPS) is 18.8. The summed E-state index contributed by atoms with van der Waals surface area (Å²) in [5.74, 6) is 0. The third-order valence-electron chi connectivity index (χ3n) is 6.50. The van der Waals surface area contributed by atoms with Gasteiger partial charge in [-0.25, -0.2) is 9.67 Å². The lowest BCUT2D eigenvalue weighted by Gasteiger charge is -2.29. The Balaban J connectivity index is 1.52. The van der Waals surface area contributed by atoms with E-state index >= 15 is 0 Å². The topological polar surface area (TPSA) is 82.2 Å². The zero-order chi connectivity index (χ0) is 22.2. The molecule has 0 amide bonds. The van der Waals surface area contributed by atoms with Crippen LogP contribution in [0.25, 0.3) is 16.6 Å². The molecule has 7 nitrogen and oxygen atoms in total. The molecule has 2 aromatic heterocycles. The maximum atomic E-state index is 13.4. The monoisotopic (exact) mass is 430 g/mol. The van der Waals surface area contributed by atoms with E-state index in [4.69, 9.17) is 4.74 Å². The molecule has 0 bridgehead atoms. The molecule has 1 aliphatic rings. The van der Waals surface area contributed by atoms with Crippen LogP contribution in [0.15, 0.2) is 59.9 Å². The van der Waals surface area contributed by atoms with Gasteiger partial charge in [-0.1, -0.05) is 12.1 Å². The fraction of sp³-hybridized carbons (Fsp3) is 0.320. The molecule has 1 saturated heterocycles. The number of aliphatic hydroxyl groups excluding tert-OH is 1. The number of benzene rings is 2. The second-order valence-corrected chi connectivity index (χ2v) is 8.43. The van der Waals surface area contributed by atoms with Crippen molar-refractivity contribution in [2.45, 2.75) is 38.8 Å². The summed E-state index contributed by atoms with van der Waals surface area (Å²) < 4.78 is 8.86. The van der Waals surface area contributed by atoms with E-state index in [-0.39, 0.29) is 5.56 Å². The number of fused-ring (bicyclic) bond motifs is 1. The van der Waals surface area contributed by atoms with Gasteiger partial charge in [-0.2, -0.15) is 5.10 Å². The highest BCUT2D eigenvalue weighted by Gasteiger charge is 2.27. The summed E-state index contributed by atoms with van der Waals surface area (Å²) in [5.41, 5.74) is 5.98. The van der Waals surface area contributed by atoms with Crippen molar-refractivity contribution >= 4 is 10.9 Å². The smallest absolute Gasteiger partial charge is 0.261 e. The molecule has 1 fully saturated rings. The second kappa shape index (κ2) is 8.33. The Hall–Kier alpha value is -3.29. The minimum Gasteiger partial charge on any atom is -0.391 e. The highest BCUT2D eigenvalue weighted by molar-refractivity contribution is 5.83. The van der Waals surface area contributed by atoms with Gasteiger partial charge in [-0.3, -0.25) is 9.36 Å². The molecule has 2 aromatic carbocycles. The number of hydrogen-bond donors (Lipinski definition) is 1. The average Bonchev–Trinajstić information content (AvgIpc) is 3.34. The molecule has 0 aliphatic carbocycles. The number of nitrogens with zero attached hydrogens (tertiary/aromatic N) is 4. The van der Waals surface area contributed by atoms with Crippen LogP contribution < -0.4 is 5.56 Å². The lowest BCUT2D eigenvalue weighted by atomic mass is 9.94. The molecule has 5 rings (SSSR count). The zero-order valence-electron chi connectivity index (χ0n) is 18.2. The predicted octanol–water partition coefficient (Wildman–Crippen LogP) is 3.11. The standard InChI is InChI=1S/C25H26N4O3/c1-16-17(2)24-21(25(31)28(15-26-24)22-14-32-11-8-23(22)30)13-19(16)12-18-4-6-20(7-5-18)29-10-3-9-27-29/h3-7,9-10,13,15,22-23,30H,8,11-12,14H2,1-2H3. The van der Waals surface area contributed by atoms with E-state index in [1.54, 1.807) is 12.5 Å². The van der Waals surface area contributed by atoms with Crippen LogP contribution in [-0.2, 0) is 11.2 Å². The summed E-state index contributed by atoms with van der Waals surface area (Å²) in [5, 5.41) is 15.2. The van der Waals surface area contributed by atoms with Gasteiger partial charge in [0, 0.05) is 19.0 Å². The fourth-order valence-electron chi connectivity index (χ4n) is 4.42. The highest BCUT2D eigenvalue weighted by atomic mass is 16.5. The van der Waals surface area contributed by atoms with E-state index in [0.717, 1.165) is 27.9 Å². The van der Waals surface area contributed by atoms with Crippen molar-refractivity contribution in [2.24, 2.45) is 0 Å². The predicted molar refractivity (Wildman–Crippen MR) is 122 cm³/mol. The summed E-state index contributed by atoms with van der Waals surface area (Å²) in [6.45, 7) is 4.91. The lowest BCUT2D eigenvalue weighted by Crippen LogP contribution is -2.39. The molecule has 0 radical (unpaired) electrons. The molecule has 32 heavy (non-hydrogen) atoms. The summed E-state index contributed by atoms with van der Waals surface area (Å²) in [6, 6.07) is 11.7. The van der Waals surface area contributed by atoms with E-state index < -0.39 is 12.1 Å². The van der Waals surface area contributed by atoms with Gasteiger partial charge in [-0.15, -0.1) is 0 Å². The molecular weight excluding hydrogens is 404 g/mol. The molecule has 2 atom stereocenters. The number of aliphatic hydroxyl groups is 1. The van der Waals surface area contributed by atoms with Crippen LogP contribution >= 0.6 is 0 Å². The zero-order valence-corrected chi connectivity index (χ0v) is 18.2. The first-order chi connectivity index (χ1) is 15.5. The maximum Gasteiger partial charge on any atom is 0.261 e. The quantitative estimate of drug-likeness (QED) is 0.538. The molecule has 0 saturated carbocycles. The van der Waals surface area contributed by atoms with Gasteiger partial charge in [0.25, 0.3) is 5.56 Å². The van der Waals surface area contributed by atoms with Crippen LogP contribution in [0, 0.1) is 13.8 Å². The molecule has 7 heteroatoms. The molecular formula is C25H26N4O3. The number of ether oxygens (including phenoxy) is 1. The van der Waals surface area contributed by atoms with Gasteiger partial charge in [0.1, 0.15) is 0 Å². The molecule has 4 aromatic rings. The van der Waals surface area contributed by atoms with Gasteiger partial charge in [-0.05, 0) is 73.2 Å². The first-order valence-electron chi connectivity index (χ1n) is 10.9. The van der Waals surface area contributed by atoms with Crippen molar-refractivity contribution in [3.05, 3.63) is 87.7 Å². The first kappa shape index (κ1) is 20.6. The third-order valence-corrected chi connectivity index (χ3v) is 6.50. The molecule has 164 valence electrons. The fourth-order valence-corrected chi connectivity index (χ4v) is 4.42. The largest absolute Gasteiger partial charge is 0.391 e. The van der Waals surface area contributed by atoms with Gasteiger partial charge in [0.15, 0.2) is 0 Å². The van der Waals surface area contributed by atoms with Crippen molar-refractivity contribution in [3.8, 4) is 5.69 Å². The van der Waals surface area contributed by atoms with E-state index in [0.29, 0.717) is 37.0 Å². The lowest BCUT2D eigenvalue weighted by molar-refractivity contribution is -0.0303. The Morgan fingerprint density at radius 1 is 1.19 bits per heavy atom. The van der Waals surface area contributed by atoms with Gasteiger partial charge < -0.3 is 9.84 Å². The Kier molecular flexibility index (Phi) is 5.36. The van der Waals surface area contributed by atoms with E-state index in [9.17, 15) is 9.90 Å². The van der Waals surface area contributed by atoms with Gasteiger partial charge in [0.05, 0.1) is 41.7 Å². The van der Waals surface area contributed by atoms with E-state index in [1.165, 1.54) is 4.57 Å². The van der Waals surface area contributed by atoms with Crippen molar-refractivity contribution < 1.29 is 9.84 Å². The van der Waals surface area contributed by atoms with Crippen molar-refractivity contribution in [1.82, 2.24) is 19.3 Å². The molecule has 1 N–H and O–H groups in total. The van der Waals surface area contributed by atoms with Gasteiger partial charge >= 0.3 is 0 Å². The number of aromatic nitrogens is 4. The summed E-state index contributed by atoms with van der Waals surface area (Å²) >= 11 is 0. The van der Waals surface area contributed by atoms with Gasteiger partial charge in [0.2, 0.25) is 0 Å². The minimum atomic E-state index is -0.611. The third kappa shape index (κ3) is 3.63. The summed E-state index contributed by atoms with van der Waals surface area (Å²) in [4.78, 5) is 18.0. The minimum absolute atomic E-state index is 0.136. The van der Waals surface area contributed by atoms with Crippen molar-refractivity contribution in [3.63, 3.8) is 0 Å². The van der Waals surface area contributed by atoms with Crippen LogP contribution in [0.3, 0.4) is 0 Å². The molecule has 1 aliphatic heterocycles. The number of aryl methyl sites for hydroxylation is 1. The Labute approximate surface area is 185 Å². The van der Waals surface area contributed by atoms with E-state index in [2.05, 4.69) is 29.1 Å². The second-order valence-electron chi connectivity index (χ2n) is 8.43. The Morgan fingerprint density at radius 3 is 2.72 bits per heavy atom. The van der Waals surface area contributed by atoms with Crippen molar-refractivity contribution in [2.75, 3.05) is 13.2 Å². The van der Waals surface area contributed by atoms with Crippen LogP contribution in [0.1, 0.15) is 34.7 Å². The molecule has 0 spiro atoms. The average molecular weight is 431 g/mol. The Morgan fingerprint density at radius 2 is 2.00 bits per heavy atom. The molecule has 3 heterocycles. The SMILES string of the molecule is Cc1c(Cc2ccc(-n3cccn3)cc2)cc2c(=O)n(C3COCCC3O)cnc2c1C. The van der Waals surface area contributed by atoms with Crippen molar-refractivity contribution in [1.29, 1.82) is 0 Å². The summed E-state index contributed by atoms with van der Waals surface area (Å²) in [6.07, 6.45) is 5.84. The van der Waals surface area contributed by atoms with Crippen LogP contribution in [0.4, 0.5) is 0 Å². The Bertz CT molecular complexity index is 1310. The maximum absolute atomic E-state index is 13.4. The van der Waals surface area contributed by atoms with Crippen LogP contribution in [0.5, 0.6) is 0 Å². The molecule has 2 unspecified atom stereocenters. The first-order valence-corrected chi connectivity index (χ1v) is 10.9. The number of rotatable bonds is 4. The number of hydrogen-bond acceptors (Lipinski definition) is 5. The van der Waals surface area contributed by atoms with Crippen LogP contribution in [-0.4, -0.2) is 43.8 Å². The van der Waals surface area contributed by atoms with E-state index in [1.807, 2.05) is 42.1 Å². The summed E-state index contributed by atoms with van der Waals surface area (Å²) in [7, 11) is 0.